The minimum Gasteiger partial charge on any atom is -0.385 e. The zero-order chi connectivity index (χ0) is 14.4. The van der Waals surface area contributed by atoms with Crippen LogP contribution in [0.2, 0.25) is 0 Å². The van der Waals surface area contributed by atoms with E-state index in [1.165, 1.54) is 25.7 Å². The molecule has 0 aromatic heterocycles. The van der Waals surface area contributed by atoms with Crippen LogP contribution in [-0.4, -0.2) is 19.6 Å². The maximum absolute atomic E-state index is 11.2. The summed E-state index contributed by atoms with van der Waals surface area (Å²) in [6.07, 6.45) is 5.43. The highest BCUT2D eigenvalue weighted by molar-refractivity contribution is 5.89. The molecular weight excluding hydrogens is 250 g/mol. The van der Waals surface area contributed by atoms with Crippen molar-refractivity contribution in [1.29, 1.82) is 0 Å². The van der Waals surface area contributed by atoms with E-state index < -0.39 is 0 Å². The summed E-state index contributed by atoms with van der Waals surface area (Å²) < 4.78 is 0. The van der Waals surface area contributed by atoms with Gasteiger partial charge in [0.25, 0.3) is 0 Å². The van der Waals surface area contributed by atoms with Crippen molar-refractivity contribution in [2.24, 2.45) is 11.8 Å². The molecule has 0 aliphatic heterocycles. The number of anilines is 2. The van der Waals surface area contributed by atoms with E-state index in [1.54, 1.807) is 7.05 Å². The molecular formula is C16H25N3O. The molecule has 4 nitrogen and oxygen atoms in total. The third-order valence-corrected chi connectivity index (χ3v) is 4.01. The van der Waals surface area contributed by atoms with Gasteiger partial charge in [-0.1, -0.05) is 19.8 Å². The fraction of sp³-hybridized carbons (Fsp3) is 0.562. The molecule has 4 heteroatoms. The van der Waals surface area contributed by atoms with Crippen LogP contribution in [0.4, 0.5) is 16.2 Å². The Morgan fingerprint density at radius 3 is 2.55 bits per heavy atom. The predicted molar refractivity (Wildman–Crippen MR) is 84.1 cm³/mol. The van der Waals surface area contributed by atoms with E-state index in [9.17, 15) is 4.79 Å². The summed E-state index contributed by atoms with van der Waals surface area (Å²) in [5, 5.41) is 8.79. The summed E-state index contributed by atoms with van der Waals surface area (Å²) in [4.78, 5) is 11.2. The van der Waals surface area contributed by atoms with Crippen LogP contribution in [0.25, 0.3) is 0 Å². The molecule has 20 heavy (non-hydrogen) atoms. The van der Waals surface area contributed by atoms with Gasteiger partial charge in [-0.15, -0.1) is 0 Å². The number of carbonyl (C=O) groups is 1. The molecule has 2 atom stereocenters. The van der Waals surface area contributed by atoms with Crippen molar-refractivity contribution in [2.75, 3.05) is 24.2 Å². The molecule has 0 radical (unpaired) electrons. The van der Waals surface area contributed by atoms with Crippen molar-refractivity contribution < 1.29 is 4.79 Å². The Hall–Kier alpha value is -1.71. The lowest BCUT2D eigenvalue weighted by molar-refractivity contribution is 0.254. The summed E-state index contributed by atoms with van der Waals surface area (Å²) in [6, 6.07) is 7.67. The Labute approximate surface area is 121 Å². The van der Waals surface area contributed by atoms with Crippen LogP contribution in [-0.2, 0) is 0 Å². The van der Waals surface area contributed by atoms with E-state index in [0.717, 1.165) is 29.8 Å². The second-order valence-corrected chi connectivity index (χ2v) is 5.80. The molecule has 3 N–H and O–H groups in total. The van der Waals surface area contributed by atoms with E-state index >= 15 is 0 Å². The fourth-order valence-corrected chi connectivity index (χ4v) is 2.87. The van der Waals surface area contributed by atoms with Crippen molar-refractivity contribution in [1.82, 2.24) is 5.32 Å². The monoisotopic (exact) mass is 275 g/mol. The quantitative estimate of drug-likeness (QED) is 0.785. The van der Waals surface area contributed by atoms with Crippen molar-refractivity contribution >= 4 is 17.4 Å². The van der Waals surface area contributed by atoms with Crippen LogP contribution in [0, 0.1) is 11.8 Å². The molecule has 0 heterocycles. The minimum absolute atomic E-state index is 0.193. The fourth-order valence-electron chi connectivity index (χ4n) is 2.87. The molecule has 2 unspecified atom stereocenters. The van der Waals surface area contributed by atoms with E-state index in [2.05, 4.69) is 22.9 Å². The van der Waals surface area contributed by atoms with E-state index in [-0.39, 0.29) is 6.03 Å². The topological polar surface area (TPSA) is 53.2 Å². The number of nitrogens with one attached hydrogen (secondary N) is 3. The van der Waals surface area contributed by atoms with Crippen LogP contribution < -0.4 is 16.0 Å². The van der Waals surface area contributed by atoms with Crippen LogP contribution in [0.1, 0.15) is 32.6 Å². The van der Waals surface area contributed by atoms with Gasteiger partial charge in [0.2, 0.25) is 0 Å². The normalized spacial score (nSPS) is 22.1. The third kappa shape index (κ3) is 4.44. The Morgan fingerprint density at radius 1 is 1.20 bits per heavy atom. The highest BCUT2D eigenvalue weighted by Crippen LogP contribution is 2.28. The molecule has 0 bridgehead atoms. The standard InChI is InChI=1S/C16H25N3O/c1-12-4-3-5-13(10-12)11-18-14-6-8-15(9-7-14)19-16(20)17-2/h6-9,12-13,18H,3-5,10-11H2,1-2H3,(H2,17,19,20). The molecule has 1 aromatic rings. The smallest absolute Gasteiger partial charge is 0.318 e. The number of benzene rings is 1. The van der Waals surface area contributed by atoms with Gasteiger partial charge in [0.1, 0.15) is 0 Å². The molecule has 1 aliphatic rings. The Balaban J connectivity index is 1.80. The van der Waals surface area contributed by atoms with Crippen molar-refractivity contribution in [3.05, 3.63) is 24.3 Å². The largest absolute Gasteiger partial charge is 0.385 e. The summed E-state index contributed by atoms with van der Waals surface area (Å²) in [5.74, 6) is 1.66. The van der Waals surface area contributed by atoms with Crippen LogP contribution in [0.15, 0.2) is 24.3 Å². The second-order valence-electron chi connectivity index (χ2n) is 5.80. The Morgan fingerprint density at radius 2 is 1.90 bits per heavy atom. The number of amides is 2. The number of urea groups is 1. The molecule has 110 valence electrons. The van der Waals surface area contributed by atoms with Gasteiger partial charge in [-0.05, 0) is 48.9 Å². The molecule has 1 fully saturated rings. The van der Waals surface area contributed by atoms with Crippen LogP contribution in [0.3, 0.4) is 0 Å². The van der Waals surface area contributed by atoms with Crippen molar-refractivity contribution in [3.8, 4) is 0 Å². The van der Waals surface area contributed by atoms with Crippen molar-refractivity contribution in [2.45, 2.75) is 32.6 Å². The predicted octanol–water partition coefficient (Wildman–Crippen LogP) is 3.68. The molecule has 0 saturated heterocycles. The van der Waals surface area contributed by atoms with Gasteiger partial charge in [-0.2, -0.15) is 0 Å². The maximum atomic E-state index is 11.2. The first-order chi connectivity index (χ1) is 9.67. The number of rotatable bonds is 4. The Bertz CT molecular complexity index is 430. The molecule has 0 spiro atoms. The lowest BCUT2D eigenvalue weighted by Gasteiger charge is -2.27. The summed E-state index contributed by atoms with van der Waals surface area (Å²) in [6.45, 7) is 3.40. The van der Waals surface area contributed by atoms with Gasteiger partial charge < -0.3 is 16.0 Å². The van der Waals surface area contributed by atoms with Crippen molar-refractivity contribution in [3.63, 3.8) is 0 Å². The first-order valence-corrected chi connectivity index (χ1v) is 7.50. The SMILES string of the molecule is CNC(=O)Nc1ccc(NCC2CCCC(C)C2)cc1. The van der Waals surface area contributed by atoms with E-state index in [0.29, 0.717) is 0 Å². The van der Waals surface area contributed by atoms with Gasteiger partial charge in [0, 0.05) is 25.0 Å². The van der Waals surface area contributed by atoms with Crippen LogP contribution >= 0.6 is 0 Å². The van der Waals surface area contributed by atoms with Crippen LogP contribution in [0.5, 0.6) is 0 Å². The second kappa shape index (κ2) is 7.17. The average Bonchev–Trinajstić information content (AvgIpc) is 2.46. The van der Waals surface area contributed by atoms with Gasteiger partial charge in [-0.25, -0.2) is 4.79 Å². The minimum atomic E-state index is -0.193. The third-order valence-electron chi connectivity index (χ3n) is 4.01. The lowest BCUT2D eigenvalue weighted by atomic mass is 9.82. The van der Waals surface area contributed by atoms with E-state index in [4.69, 9.17) is 0 Å². The molecule has 1 aromatic carbocycles. The number of hydrogen-bond acceptors (Lipinski definition) is 2. The Kier molecular flexibility index (Phi) is 5.27. The molecule has 1 saturated carbocycles. The van der Waals surface area contributed by atoms with Gasteiger partial charge in [-0.3, -0.25) is 0 Å². The zero-order valence-electron chi connectivity index (χ0n) is 12.4. The first-order valence-electron chi connectivity index (χ1n) is 7.50. The number of carbonyl (C=O) groups excluding carboxylic acids is 1. The summed E-state index contributed by atoms with van der Waals surface area (Å²) >= 11 is 0. The maximum Gasteiger partial charge on any atom is 0.318 e. The molecule has 2 rings (SSSR count). The zero-order valence-corrected chi connectivity index (χ0v) is 12.4. The lowest BCUT2D eigenvalue weighted by Crippen LogP contribution is -2.24. The molecule has 1 aliphatic carbocycles. The first kappa shape index (κ1) is 14.7. The highest BCUT2D eigenvalue weighted by atomic mass is 16.2. The molecule has 2 amide bonds. The highest BCUT2D eigenvalue weighted by Gasteiger charge is 2.18. The summed E-state index contributed by atoms with van der Waals surface area (Å²) in [5.41, 5.74) is 1.92. The number of hydrogen-bond donors (Lipinski definition) is 3. The van der Waals surface area contributed by atoms with E-state index in [1.807, 2.05) is 24.3 Å². The average molecular weight is 275 g/mol. The van der Waals surface area contributed by atoms with Gasteiger partial charge in [0.15, 0.2) is 0 Å². The summed E-state index contributed by atoms with van der Waals surface area (Å²) in [7, 11) is 1.61. The van der Waals surface area contributed by atoms with Gasteiger partial charge >= 0.3 is 6.03 Å². The van der Waals surface area contributed by atoms with Gasteiger partial charge in [0.05, 0.1) is 0 Å².